The minimum Gasteiger partial charge on any atom is -0.354 e. The van der Waals surface area contributed by atoms with E-state index in [9.17, 15) is 4.79 Å². The molecule has 40 heavy (non-hydrogen) atoms. The first kappa shape index (κ1) is 21.5. The summed E-state index contributed by atoms with van der Waals surface area (Å²) in [5.74, 6) is 0.101. The van der Waals surface area contributed by atoms with Crippen LogP contribution < -0.4 is 0 Å². The van der Waals surface area contributed by atoms with Crippen molar-refractivity contribution in [2.45, 2.75) is 0 Å². The first-order valence-corrected chi connectivity index (χ1v) is 13.6. The van der Waals surface area contributed by atoms with Gasteiger partial charge in [0.05, 0.1) is 22.1 Å². The van der Waals surface area contributed by atoms with E-state index in [1.165, 1.54) is 21.8 Å². The van der Waals surface area contributed by atoms with Crippen molar-refractivity contribution in [1.29, 1.82) is 0 Å². The number of hydrogen-bond acceptors (Lipinski definition) is 1. The Morgan fingerprint density at radius 3 is 1.90 bits per heavy atom. The van der Waals surface area contributed by atoms with E-state index in [4.69, 9.17) is 0 Å². The van der Waals surface area contributed by atoms with E-state index < -0.39 is 0 Å². The summed E-state index contributed by atoms with van der Waals surface area (Å²) >= 11 is 0. The second kappa shape index (κ2) is 7.81. The average Bonchev–Trinajstić information content (AvgIpc) is 3.65. The van der Waals surface area contributed by atoms with Crippen molar-refractivity contribution in [3.05, 3.63) is 139 Å². The van der Waals surface area contributed by atoms with Crippen molar-refractivity contribution < 1.29 is 4.79 Å². The number of ketones is 1. The predicted molar refractivity (Wildman–Crippen MR) is 164 cm³/mol. The van der Waals surface area contributed by atoms with Gasteiger partial charge in [-0.05, 0) is 58.7 Å². The summed E-state index contributed by atoms with van der Waals surface area (Å²) in [7, 11) is 0. The van der Waals surface area contributed by atoms with Crippen molar-refractivity contribution in [2.24, 2.45) is 0 Å². The molecule has 0 atom stereocenters. The SMILES string of the molecule is O=C1c2ccccc2-c2ccc3c([nH]c4ccc(-c5ccc(-n6c7ccccc7c7ccccc76)cc5)cc43)c21. The van der Waals surface area contributed by atoms with Crippen molar-refractivity contribution in [3.63, 3.8) is 0 Å². The number of aromatic nitrogens is 2. The maximum absolute atomic E-state index is 13.3. The summed E-state index contributed by atoms with van der Waals surface area (Å²) in [6, 6.07) is 44.7. The molecular weight excluding hydrogens is 488 g/mol. The third-order valence-electron chi connectivity index (χ3n) is 8.50. The highest BCUT2D eigenvalue weighted by Crippen LogP contribution is 2.42. The first-order chi connectivity index (χ1) is 19.8. The highest BCUT2D eigenvalue weighted by atomic mass is 16.1. The maximum atomic E-state index is 13.3. The first-order valence-electron chi connectivity index (χ1n) is 13.6. The van der Waals surface area contributed by atoms with E-state index in [2.05, 4.69) is 113 Å². The van der Waals surface area contributed by atoms with Crippen LogP contribution >= 0.6 is 0 Å². The highest BCUT2D eigenvalue weighted by Gasteiger charge is 2.29. The molecule has 0 saturated heterocycles. The van der Waals surface area contributed by atoms with E-state index in [-0.39, 0.29) is 5.78 Å². The molecule has 186 valence electrons. The fourth-order valence-electron chi connectivity index (χ4n) is 6.66. The van der Waals surface area contributed by atoms with Gasteiger partial charge in [-0.1, -0.05) is 91.0 Å². The summed E-state index contributed by atoms with van der Waals surface area (Å²) in [6.07, 6.45) is 0. The van der Waals surface area contributed by atoms with Gasteiger partial charge in [0, 0.05) is 38.3 Å². The highest BCUT2D eigenvalue weighted by molar-refractivity contribution is 6.29. The Morgan fingerprint density at radius 1 is 0.500 bits per heavy atom. The van der Waals surface area contributed by atoms with Gasteiger partial charge in [0.25, 0.3) is 0 Å². The average molecular weight is 511 g/mol. The second-order valence-corrected chi connectivity index (χ2v) is 10.6. The minimum absolute atomic E-state index is 0.101. The van der Waals surface area contributed by atoms with Crippen LogP contribution in [-0.4, -0.2) is 15.3 Å². The molecule has 9 rings (SSSR count). The summed E-state index contributed by atoms with van der Waals surface area (Å²) in [5.41, 5.74) is 11.4. The lowest BCUT2D eigenvalue weighted by atomic mass is 10.00. The molecule has 3 nitrogen and oxygen atoms in total. The van der Waals surface area contributed by atoms with Gasteiger partial charge < -0.3 is 9.55 Å². The van der Waals surface area contributed by atoms with Crippen LogP contribution in [0, 0.1) is 0 Å². The smallest absolute Gasteiger partial charge is 0.196 e. The van der Waals surface area contributed by atoms with E-state index in [1.807, 2.05) is 24.3 Å². The van der Waals surface area contributed by atoms with Gasteiger partial charge in [0.1, 0.15) is 0 Å². The Hall–Kier alpha value is -5.41. The monoisotopic (exact) mass is 510 g/mol. The third-order valence-corrected chi connectivity index (χ3v) is 8.50. The van der Waals surface area contributed by atoms with Crippen molar-refractivity contribution in [1.82, 2.24) is 9.55 Å². The van der Waals surface area contributed by atoms with E-state index in [0.717, 1.165) is 60.9 Å². The van der Waals surface area contributed by atoms with E-state index >= 15 is 0 Å². The Labute approximate surface area is 229 Å². The zero-order valence-electron chi connectivity index (χ0n) is 21.5. The Kier molecular flexibility index (Phi) is 4.20. The Morgan fingerprint density at radius 2 is 1.15 bits per heavy atom. The molecule has 0 spiro atoms. The number of hydrogen-bond donors (Lipinski definition) is 1. The van der Waals surface area contributed by atoms with Gasteiger partial charge in [-0.15, -0.1) is 0 Å². The van der Waals surface area contributed by atoms with Gasteiger partial charge >= 0.3 is 0 Å². The molecular formula is C37H22N2O. The summed E-state index contributed by atoms with van der Waals surface area (Å²) in [5, 5.41) is 4.74. The maximum Gasteiger partial charge on any atom is 0.196 e. The van der Waals surface area contributed by atoms with Crippen LogP contribution in [0.4, 0.5) is 0 Å². The van der Waals surface area contributed by atoms with Crippen LogP contribution in [0.3, 0.4) is 0 Å². The number of aromatic amines is 1. The van der Waals surface area contributed by atoms with Crippen LogP contribution in [0.1, 0.15) is 15.9 Å². The second-order valence-electron chi connectivity index (χ2n) is 10.6. The van der Waals surface area contributed by atoms with Gasteiger partial charge in [0.2, 0.25) is 0 Å². The zero-order valence-corrected chi connectivity index (χ0v) is 21.5. The summed E-state index contributed by atoms with van der Waals surface area (Å²) in [4.78, 5) is 16.9. The molecule has 0 unspecified atom stereocenters. The lowest BCUT2D eigenvalue weighted by Crippen LogP contribution is -1.95. The van der Waals surface area contributed by atoms with Crippen LogP contribution in [0.5, 0.6) is 0 Å². The lowest BCUT2D eigenvalue weighted by molar-refractivity contribution is 0.104. The molecule has 0 fully saturated rings. The fraction of sp³-hybridized carbons (Fsp3) is 0. The molecule has 0 radical (unpaired) electrons. The number of para-hydroxylation sites is 2. The molecule has 0 aliphatic heterocycles. The van der Waals surface area contributed by atoms with E-state index in [1.54, 1.807) is 0 Å². The molecule has 1 aliphatic carbocycles. The molecule has 1 aliphatic rings. The van der Waals surface area contributed by atoms with Crippen molar-refractivity contribution in [2.75, 3.05) is 0 Å². The van der Waals surface area contributed by atoms with Crippen LogP contribution in [0.25, 0.3) is 71.6 Å². The van der Waals surface area contributed by atoms with Crippen LogP contribution in [0.2, 0.25) is 0 Å². The molecule has 6 aromatic carbocycles. The van der Waals surface area contributed by atoms with Gasteiger partial charge in [0.15, 0.2) is 5.78 Å². The topological polar surface area (TPSA) is 37.8 Å². The molecule has 0 bridgehead atoms. The standard InChI is InChI=1S/C37H22N2O/c40-37-30-10-2-1-7-25(30)28-18-19-29-31-21-23(15-20-32(31)38-36(29)35(28)37)22-13-16-24(17-14-22)39-33-11-5-3-8-26(33)27-9-4-6-12-34(27)39/h1-21,38H. The largest absolute Gasteiger partial charge is 0.354 e. The summed E-state index contributed by atoms with van der Waals surface area (Å²) in [6.45, 7) is 0. The van der Waals surface area contributed by atoms with Gasteiger partial charge in [-0.3, -0.25) is 4.79 Å². The fourth-order valence-corrected chi connectivity index (χ4v) is 6.66. The number of carbonyl (C=O) groups excluding carboxylic acids is 1. The van der Waals surface area contributed by atoms with Crippen LogP contribution in [0.15, 0.2) is 127 Å². The van der Waals surface area contributed by atoms with Crippen molar-refractivity contribution >= 4 is 49.4 Å². The number of H-pyrrole nitrogens is 1. The molecule has 2 aromatic heterocycles. The number of rotatable bonds is 2. The van der Waals surface area contributed by atoms with Crippen molar-refractivity contribution in [3.8, 4) is 27.9 Å². The van der Waals surface area contributed by atoms with Crippen LogP contribution in [-0.2, 0) is 0 Å². The number of nitrogens with one attached hydrogen (secondary N) is 1. The van der Waals surface area contributed by atoms with Gasteiger partial charge in [-0.25, -0.2) is 0 Å². The third kappa shape index (κ3) is 2.81. The zero-order chi connectivity index (χ0) is 26.4. The number of carbonyl (C=O) groups is 1. The Balaban J connectivity index is 1.17. The number of nitrogens with zero attached hydrogens (tertiary/aromatic N) is 1. The molecule has 0 saturated carbocycles. The molecule has 2 heterocycles. The normalized spacial score (nSPS) is 12.6. The number of fused-ring (bicyclic) bond motifs is 10. The van der Waals surface area contributed by atoms with Gasteiger partial charge in [-0.2, -0.15) is 0 Å². The molecule has 1 N–H and O–H groups in total. The Bertz CT molecular complexity index is 2280. The van der Waals surface area contributed by atoms with E-state index in [0.29, 0.717) is 0 Å². The number of benzene rings is 6. The minimum atomic E-state index is 0.101. The lowest BCUT2D eigenvalue weighted by Gasteiger charge is -2.09. The molecule has 8 aromatic rings. The molecule has 3 heteroatoms. The molecule has 0 amide bonds. The quantitative estimate of drug-likeness (QED) is 0.247. The predicted octanol–water partition coefficient (Wildman–Crippen LogP) is 9.30. The summed E-state index contributed by atoms with van der Waals surface area (Å²) < 4.78 is 2.34.